The molecule has 0 aliphatic heterocycles. The molecule has 0 aliphatic rings. The lowest BCUT2D eigenvalue weighted by Crippen LogP contribution is -2.22. The van der Waals surface area contributed by atoms with E-state index in [9.17, 15) is 0 Å². The summed E-state index contributed by atoms with van der Waals surface area (Å²) in [7, 11) is 1.67. The van der Waals surface area contributed by atoms with Crippen LogP contribution in [-0.2, 0) is 11.3 Å². The molecule has 80 valence electrons. The van der Waals surface area contributed by atoms with Crippen LogP contribution in [0.15, 0.2) is 6.33 Å². The first-order chi connectivity index (χ1) is 6.66. The second-order valence-electron chi connectivity index (χ2n) is 3.65. The molecule has 5 nitrogen and oxygen atoms in total. The van der Waals surface area contributed by atoms with Crippen LogP contribution in [0.1, 0.15) is 25.7 Å². The Balaban J connectivity index is 2.71. The molecule has 14 heavy (non-hydrogen) atoms. The normalized spacial score (nSPS) is 13.5. The molecule has 1 aromatic rings. The highest BCUT2D eigenvalue weighted by molar-refractivity contribution is 4.94. The summed E-state index contributed by atoms with van der Waals surface area (Å²) in [5.74, 6) is 1.19. The molecule has 0 spiro atoms. The third-order valence-corrected chi connectivity index (χ3v) is 2.20. The Bertz CT molecular complexity index is 272. The van der Waals surface area contributed by atoms with Gasteiger partial charge in [0.2, 0.25) is 0 Å². The van der Waals surface area contributed by atoms with Crippen molar-refractivity contribution in [3.05, 3.63) is 12.2 Å². The van der Waals surface area contributed by atoms with Crippen molar-refractivity contribution in [3.63, 3.8) is 0 Å². The molecule has 2 N–H and O–H groups in total. The van der Waals surface area contributed by atoms with Crippen molar-refractivity contribution in [2.45, 2.75) is 26.4 Å². The summed E-state index contributed by atoms with van der Waals surface area (Å²) >= 11 is 0. The molecule has 0 fully saturated rings. The Morgan fingerprint density at radius 3 is 2.86 bits per heavy atom. The number of aromatic nitrogens is 3. The summed E-state index contributed by atoms with van der Waals surface area (Å²) in [6, 6.07) is -0.0608. The Labute approximate surface area is 84.3 Å². The maximum absolute atomic E-state index is 5.99. The highest BCUT2D eigenvalue weighted by atomic mass is 16.5. The number of nitrogens with zero attached hydrogens (tertiary/aromatic N) is 3. The van der Waals surface area contributed by atoms with Crippen LogP contribution in [0, 0.1) is 5.92 Å². The molecule has 1 rings (SSSR count). The average Bonchev–Trinajstić information content (AvgIpc) is 2.61. The third-order valence-electron chi connectivity index (χ3n) is 2.20. The van der Waals surface area contributed by atoms with E-state index in [-0.39, 0.29) is 6.04 Å². The highest BCUT2D eigenvalue weighted by Gasteiger charge is 2.16. The van der Waals surface area contributed by atoms with E-state index in [0.29, 0.717) is 12.5 Å². The van der Waals surface area contributed by atoms with E-state index in [2.05, 4.69) is 24.0 Å². The maximum Gasteiger partial charge on any atom is 0.150 e. The molecule has 1 heterocycles. The van der Waals surface area contributed by atoms with Gasteiger partial charge in [-0.3, -0.25) is 0 Å². The van der Waals surface area contributed by atoms with Gasteiger partial charge in [-0.1, -0.05) is 13.8 Å². The zero-order valence-electron chi connectivity index (χ0n) is 8.97. The Morgan fingerprint density at radius 2 is 2.29 bits per heavy atom. The van der Waals surface area contributed by atoms with Gasteiger partial charge < -0.3 is 15.0 Å². The SMILES string of the molecule is COCCn1cnnc1[C@H](N)C(C)C. The van der Waals surface area contributed by atoms with Crippen LogP contribution in [0.4, 0.5) is 0 Å². The van der Waals surface area contributed by atoms with Crippen LogP contribution < -0.4 is 5.73 Å². The summed E-state index contributed by atoms with van der Waals surface area (Å²) in [5.41, 5.74) is 5.99. The monoisotopic (exact) mass is 198 g/mol. The molecule has 0 saturated carbocycles. The van der Waals surface area contributed by atoms with Crippen molar-refractivity contribution in [2.24, 2.45) is 11.7 Å². The largest absolute Gasteiger partial charge is 0.383 e. The van der Waals surface area contributed by atoms with E-state index in [0.717, 1.165) is 12.4 Å². The van der Waals surface area contributed by atoms with E-state index in [4.69, 9.17) is 10.5 Å². The van der Waals surface area contributed by atoms with Crippen molar-refractivity contribution in [2.75, 3.05) is 13.7 Å². The number of ether oxygens (including phenoxy) is 1. The minimum atomic E-state index is -0.0608. The number of hydrogen-bond acceptors (Lipinski definition) is 4. The van der Waals surface area contributed by atoms with Crippen LogP contribution in [0.5, 0.6) is 0 Å². The molecule has 0 aliphatic carbocycles. The molecule has 1 aromatic heterocycles. The third kappa shape index (κ3) is 2.52. The Hall–Kier alpha value is -0.940. The van der Waals surface area contributed by atoms with Gasteiger partial charge in [0.15, 0.2) is 0 Å². The summed E-state index contributed by atoms with van der Waals surface area (Å²) in [6.45, 7) is 5.54. The lowest BCUT2D eigenvalue weighted by atomic mass is 10.1. The number of methoxy groups -OCH3 is 1. The van der Waals surface area contributed by atoms with Crippen LogP contribution in [0.25, 0.3) is 0 Å². The summed E-state index contributed by atoms with van der Waals surface area (Å²) < 4.78 is 6.93. The standard InChI is InChI=1S/C9H18N4O/c1-7(2)8(10)9-12-11-6-13(9)4-5-14-3/h6-8H,4-5,10H2,1-3H3/t8-/m1/s1. The molecular weight excluding hydrogens is 180 g/mol. The van der Waals surface area contributed by atoms with Crippen LogP contribution in [0.2, 0.25) is 0 Å². The molecule has 5 heteroatoms. The van der Waals surface area contributed by atoms with Crippen molar-refractivity contribution < 1.29 is 4.74 Å². The maximum atomic E-state index is 5.99. The predicted octanol–water partition coefficient (Wildman–Crippen LogP) is 0.580. The zero-order chi connectivity index (χ0) is 10.6. The summed E-state index contributed by atoms with van der Waals surface area (Å²) in [5, 5.41) is 7.88. The van der Waals surface area contributed by atoms with Crippen molar-refractivity contribution in [1.29, 1.82) is 0 Å². The first-order valence-corrected chi connectivity index (χ1v) is 4.79. The van der Waals surface area contributed by atoms with Gasteiger partial charge in [-0.15, -0.1) is 10.2 Å². The van der Waals surface area contributed by atoms with Crippen LogP contribution in [-0.4, -0.2) is 28.5 Å². The van der Waals surface area contributed by atoms with E-state index in [1.165, 1.54) is 0 Å². The first-order valence-electron chi connectivity index (χ1n) is 4.79. The van der Waals surface area contributed by atoms with Crippen LogP contribution >= 0.6 is 0 Å². The average molecular weight is 198 g/mol. The molecule has 0 unspecified atom stereocenters. The van der Waals surface area contributed by atoms with E-state index in [1.54, 1.807) is 13.4 Å². The molecule has 0 radical (unpaired) electrons. The Morgan fingerprint density at radius 1 is 1.57 bits per heavy atom. The number of hydrogen-bond donors (Lipinski definition) is 1. The highest BCUT2D eigenvalue weighted by Crippen LogP contribution is 2.15. The van der Waals surface area contributed by atoms with Crippen LogP contribution in [0.3, 0.4) is 0 Å². The lowest BCUT2D eigenvalue weighted by Gasteiger charge is -2.15. The fourth-order valence-electron chi connectivity index (χ4n) is 1.18. The quantitative estimate of drug-likeness (QED) is 0.751. The van der Waals surface area contributed by atoms with Gasteiger partial charge in [0.25, 0.3) is 0 Å². The fraction of sp³-hybridized carbons (Fsp3) is 0.778. The Kier molecular flexibility index (Phi) is 4.03. The second kappa shape index (κ2) is 5.07. The van der Waals surface area contributed by atoms with Gasteiger partial charge >= 0.3 is 0 Å². The number of nitrogens with two attached hydrogens (primary N) is 1. The predicted molar refractivity (Wildman–Crippen MR) is 53.7 cm³/mol. The fourth-order valence-corrected chi connectivity index (χ4v) is 1.18. The first kappa shape index (κ1) is 11.1. The molecule has 0 saturated heterocycles. The van der Waals surface area contributed by atoms with Gasteiger partial charge in [-0.05, 0) is 5.92 Å². The van der Waals surface area contributed by atoms with Gasteiger partial charge in [0.1, 0.15) is 12.2 Å². The van der Waals surface area contributed by atoms with Gasteiger partial charge in [-0.2, -0.15) is 0 Å². The summed E-state index contributed by atoms with van der Waals surface area (Å²) in [4.78, 5) is 0. The van der Waals surface area contributed by atoms with Crippen molar-refractivity contribution in [1.82, 2.24) is 14.8 Å². The summed E-state index contributed by atoms with van der Waals surface area (Å²) in [6.07, 6.45) is 1.69. The van der Waals surface area contributed by atoms with Gasteiger partial charge in [0, 0.05) is 13.7 Å². The molecule has 1 atom stereocenters. The van der Waals surface area contributed by atoms with Gasteiger partial charge in [-0.25, -0.2) is 0 Å². The smallest absolute Gasteiger partial charge is 0.150 e. The molecule has 0 aromatic carbocycles. The zero-order valence-corrected chi connectivity index (χ0v) is 8.97. The van der Waals surface area contributed by atoms with E-state index < -0.39 is 0 Å². The lowest BCUT2D eigenvalue weighted by molar-refractivity contribution is 0.185. The molecule has 0 amide bonds. The minimum Gasteiger partial charge on any atom is -0.383 e. The van der Waals surface area contributed by atoms with E-state index >= 15 is 0 Å². The van der Waals surface area contributed by atoms with Gasteiger partial charge in [0.05, 0.1) is 12.6 Å². The molecular formula is C9H18N4O. The van der Waals surface area contributed by atoms with Crippen molar-refractivity contribution in [3.8, 4) is 0 Å². The van der Waals surface area contributed by atoms with E-state index in [1.807, 2.05) is 4.57 Å². The second-order valence-corrected chi connectivity index (χ2v) is 3.65. The number of rotatable bonds is 5. The minimum absolute atomic E-state index is 0.0608. The van der Waals surface area contributed by atoms with Crippen molar-refractivity contribution >= 4 is 0 Å². The molecule has 0 bridgehead atoms. The topological polar surface area (TPSA) is 66.0 Å².